The number of carbonyl (C=O) groups is 1. The zero-order chi connectivity index (χ0) is 13.9. The van der Waals surface area contributed by atoms with E-state index in [-0.39, 0.29) is 12.1 Å². The summed E-state index contributed by atoms with van der Waals surface area (Å²) in [5.74, 6) is 0. The minimum absolute atomic E-state index is 0.0162. The molecule has 18 heavy (non-hydrogen) atoms. The summed E-state index contributed by atoms with van der Waals surface area (Å²) in [5, 5.41) is 6.62. The van der Waals surface area contributed by atoms with Gasteiger partial charge in [0, 0.05) is 6.04 Å². The van der Waals surface area contributed by atoms with Crippen LogP contribution in [-0.2, 0) is 11.3 Å². The molecule has 0 saturated carbocycles. The van der Waals surface area contributed by atoms with Crippen molar-refractivity contribution in [3.05, 3.63) is 11.9 Å². The Morgan fingerprint density at radius 2 is 2.17 bits per heavy atom. The van der Waals surface area contributed by atoms with Gasteiger partial charge in [0.25, 0.3) is 0 Å². The van der Waals surface area contributed by atoms with Crippen molar-refractivity contribution < 1.29 is 9.53 Å². The number of H-pyrrole nitrogens is 1. The Hall–Kier alpha value is -1.72. The van der Waals surface area contributed by atoms with Crippen molar-refractivity contribution in [1.29, 1.82) is 0 Å². The molecule has 6 heteroatoms. The number of nitrogens with two attached hydrogens (primary N) is 1. The van der Waals surface area contributed by atoms with Crippen molar-refractivity contribution in [2.24, 2.45) is 0 Å². The molecule has 1 rings (SSSR count). The maximum Gasteiger partial charge on any atom is 0.410 e. The third-order valence-corrected chi connectivity index (χ3v) is 2.33. The van der Waals surface area contributed by atoms with Crippen molar-refractivity contribution in [3.8, 4) is 0 Å². The average molecular weight is 254 g/mol. The molecule has 0 saturated heterocycles. The van der Waals surface area contributed by atoms with Crippen molar-refractivity contribution in [1.82, 2.24) is 15.1 Å². The summed E-state index contributed by atoms with van der Waals surface area (Å²) in [6.07, 6.45) is 1.18. The van der Waals surface area contributed by atoms with E-state index in [1.807, 2.05) is 34.6 Å². The van der Waals surface area contributed by atoms with Gasteiger partial charge in [-0.1, -0.05) is 0 Å². The summed E-state index contributed by atoms with van der Waals surface area (Å²) in [6, 6.07) is 0.0162. The molecule has 1 aromatic heterocycles. The lowest BCUT2D eigenvalue weighted by Gasteiger charge is -2.29. The number of rotatable bonds is 3. The molecule has 0 radical (unpaired) electrons. The lowest BCUT2D eigenvalue weighted by molar-refractivity contribution is 0.0170. The van der Waals surface area contributed by atoms with Gasteiger partial charge in [-0.05, 0) is 34.6 Å². The van der Waals surface area contributed by atoms with Gasteiger partial charge in [0.05, 0.1) is 24.1 Å². The van der Waals surface area contributed by atoms with E-state index in [2.05, 4.69) is 10.2 Å². The van der Waals surface area contributed by atoms with Gasteiger partial charge in [0.2, 0.25) is 0 Å². The van der Waals surface area contributed by atoms with Crippen LogP contribution >= 0.6 is 0 Å². The molecule has 0 aromatic carbocycles. The molecular weight excluding hydrogens is 232 g/mol. The minimum Gasteiger partial charge on any atom is -0.444 e. The van der Waals surface area contributed by atoms with Crippen LogP contribution in [0.5, 0.6) is 0 Å². The predicted octanol–water partition coefficient (Wildman–Crippen LogP) is 2.14. The third-order valence-electron chi connectivity index (χ3n) is 2.33. The number of aromatic nitrogens is 2. The largest absolute Gasteiger partial charge is 0.444 e. The average Bonchev–Trinajstić information content (AvgIpc) is 2.57. The summed E-state index contributed by atoms with van der Waals surface area (Å²) < 4.78 is 5.36. The van der Waals surface area contributed by atoms with Crippen molar-refractivity contribution in [3.63, 3.8) is 0 Å². The first kappa shape index (κ1) is 14.3. The van der Waals surface area contributed by atoms with Crippen molar-refractivity contribution >= 4 is 11.8 Å². The highest BCUT2D eigenvalue weighted by Gasteiger charge is 2.25. The first-order chi connectivity index (χ1) is 8.20. The number of nitrogen functional groups attached to an aromatic ring is 1. The van der Waals surface area contributed by atoms with E-state index in [0.29, 0.717) is 12.2 Å². The zero-order valence-electron chi connectivity index (χ0n) is 11.7. The van der Waals surface area contributed by atoms with Gasteiger partial charge >= 0.3 is 6.09 Å². The van der Waals surface area contributed by atoms with E-state index in [1.54, 1.807) is 4.90 Å². The SMILES string of the molecule is CC(C)N(Cc1[nH]ncc1N)C(=O)OC(C)(C)C. The molecule has 0 aliphatic heterocycles. The van der Waals surface area contributed by atoms with E-state index >= 15 is 0 Å². The predicted molar refractivity (Wildman–Crippen MR) is 69.9 cm³/mol. The van der Waals surface area contributed by atoms with Crippen LogP contribution < -0.4 is 5.73 Å². The van der Waals surface area contributed by atoms with Gasteiger partial charge < -0.3 is 10.5 Å². The van der Waals surface area contributed by atoms with Crippen LogP contribution in [0.1, 0.15) is 40.3 Å². The summed E-state index contributed by atoms with van der Waals surface area (Å²) in [5.41, 5.74) is 6.50. The van der Waals surface area contributed by atoms with Crippen LogP contribution in [0.2, 0.25) is 0 Å². The Balaban J connectivity index is 2.78. The first-order valence-electron chi connectivity index (χ1n) is 5.98. The Bertz CT molecular complexity index is 406. The number of nitrogens with zero attached hydrogens (tertiary/aromatic N) is 2. The van der Waals surface area contributed by atoms with Crippen LogP contribution in [0.4, 0.5) is 10.5 Å². The molecule has 0 atom stereocenters. The Labute approximate surface area is 107 Å². The van der Waals surface area contributed by atoms with Gasteiger partial charge in [-0.15, -0.1) is 0 Å². The summed E-state index contributed by atoms with van der Waals surface area (Å²) in [6.45, 7) is 9.74. The molecule has 0 bridgehead atoms. The normalized spacial score (nSPS) is 11.7. The first-order valence-corrected chi connectivity index (χ1v) is 5.98. The highest BCUT2D eigenvalue weighted by atomic mass is 16.6. The van der Waals surface area contributed by atoms with Gasteiger partial charge in [0.1, 0.15) is 5.60 Å². The number of amides is 1. The molecule has 102 valence electrons. The Morgan fingerprint density at radius 3 is 2.56 bits per heavy atom. The molecule has 3 N–H and O–H groups in total. The van der Waals surface area contributed by atoms with E-state index in [9.17, 15) is 4.79 Å². The number of aromatic amines is 1. The molecule has 0 spiro atoms. The van der Waals surface area contributed by atoms with Crippen LogP contribution in [0.25, 0.3) is 0 Å². The molecule has 1 aromatic rings. The number of carbonyl (C=O) groups excluding carboxylic acids is 1. The highest BCUT2D eigenvalue weighted by molar-refractivity contribution is 5.68. The molecule has 0 aliphatic rings. The van der Waals surface area contributed by atoms with Gasteiger partial charge in [-0.25, -0.2) is 4.79 Å². The van der Waals surface area contributed by atoms with Crippen LogP contribution in [0.3, 0.4) is 0 Å². The van der Waals surface area contributed by atoms with Crippen LogP contribution in [-0.4, -0.2) is 32.8 Å². The second-order valence-corrected chi connectivity index (χ2v) is 5.51. The fourth-order valence-corrected chi connectivity index (χ4v) is 1.40. The van der Waals surface area contributed by atoms with E-state index < -0.39 is 5.60 Å². The molecule has 0 aliphatic carbocycles. The Kier molecular flexibility index (Phi) is 4.21. The smallest absolute Gasteiger partial charge is 0.410 e. The molecular formula is C12H22N4O2. The molecule has 1 heterocycles. The fraction of sp³-hybridized carbons (Fsp3) is 0.667. The standard InChI is InChI=1S/C12H22N4O2/c1-8(2)16(11(17)18-12(3,4)5)7-10-9(13)6-14-15-10/h6,8H,7,13H2,1-5H3,(H,14,15). The van der Waals surface area contributed by atoms with E-state index in [4.69, 9.17) is 10.5 Å². The second kappa shape index (κ2) is 5.29. The number of ether oxygens (including phenoxy) is 1. The summed E-state index contributed by atoms with van der Waals surface area (Å²) in [4.78, 5) is 13.7. The lowest BCUT2D eigenvalue weighted by atomic mass is 10.2. The Morgan fingerprint density at radius 1 is 1.56 bits per heavy atom. The summed E-state index contributed by atoms with van der Waals surface area (Å²) >= 11 is 0. The number of anilines is 1. The van der Waals surface area contributed by atoms with Crippen LogP contribution in [0, 0.1) is 0 Å². The molecule has 6 nitrogen and oxygen atoms in total. The topological polar surface area (TPSA) is 84.2 Å². The number of nitrogens with one attached hydrogen (secondary N) is 1. The molecule has 0 fully saturated rings. The monoisotopic (exact) mass is 254 g/mol. The van der Waals surface area contributed by atoms with Gasteiger partial charge in [0.15, 0.2) is 0 Å². The lowest BCUT2D eigenvalue weighted by Crippen LogP contribution is -2.40. The second-order valence-electron chi connectivity index (χ2n) is 5.51. The molecule has 0 unspecified atom stereocenters. The molecule has 1 amide bonds. The van der Waals surface area contributed by atoms with Crippen LogP contribution in [0.15, 0.2) is 6.20 Å². The highest BCUT2D eigenvalue weighted by Crippen LogP contribution is 2.16. The maximum absolute atomic E-state index is 12.1. The maximum atomic E-state index is 12.1. The quantitative estimate of drug-likeness (QED) is 0.865. The van der Waals surface area contributed by atoms with Crippen molar-refractivity contribution in [2.45, 2.75) is 52.8 Å². The third kappa shape index (κ3) is 3.94. The van der Waals surface area contributed by atoms with Gasteiger partial charge in [-0.3, -0.25) is 10.00 Å². The summed E-state index contributed by atoms with van der Waals surface area (Å²) in [7, 11) is 0. The number of hydrogen-bond acceptors (Lipinski definition) is 4. The fourth-order valence-electron chi connectivity index (χ4n) is 1.40. The zero-order valence-corrected chi connectivity index (χ0v) is 11.7. The minimum atomic E-state index is -0.510. The van der Waals surface area contributed by atoms with E-state index in [0.717, 1.165) is 5.69 Å². The number of hydrogen-bond donors (Lipinski definition) is 2. The van der Waals surface area contributed by atoms with Crippen molar-refractivity contribution in [2.75, 3.05) is 5.73 Å². The van der Waals surface area contributed by atoms with Gasteiger partial charge in [-0.2, -0.15) is 5.10 Å². The van der Waals surface area contributed by atoms with E-state index in [1.165, 1.54) is 6.20 Å².